The lowest BCUT2D eigenvalue weighted by Crippen LogP contribution is -2.39. The molecule has 0 unspecified atom stereocenters. The molecule has 1 nitrogen and oxygen atoms in total. The average Bonchev–Trinajstić information content (AvgIpc) is 2.38. The van der Waals surface area contributed by atoms with Crippen LogP contribution in [-0.2, 0) is 11.8 Å². The Morgan fingerprint density at radius 2 is 2.12 bits per heavy atom. The fourth-order valence-corrected chi connectivity index (χ4v) is 3.99. The molecule has 2 atom stereocenters. The van der Waals surface area contributed by atoms with Crippen LogP contribution in [0.2, 0.25) is 0 Å². The summed E-state index contributed by atoms with van der Waals surface area (Å²) in [5, 5.41) is 0. The first-order valence-corrected chi connectivity index (χ1v) is 6.91. The molecule has 1 heteroatoms. The molecule has 0 aliphatic heterocycles. The zero-order valence-corrected chi connectivity index (χ0v) is 11.0. The highest BCUT2D eigenvalue weighted by Gasteiger charge is 2.41. The topological polar surface area (TPSA) is 9.23 Å². The van der Waals surface area contributed by atoms with Crippen molar-refractivity contribution in [3.05, 3.63) is 29.3 Å². The molecule has 0 amide bonds. The summed E-state index contributed by atoms with van der Waals surface area (Å²) >= 11 is 0. The minimum absolute atomic E-state index is 0.417. The van der Waals surface area contributed by atoms with Gasteiger partial charge in [-0.05, 0) is 60.3 Å². The highest BCUT2D eigenvalue weighted by atomic mass is 16.5. The van der Waals surface area contributed by atoms with Crippen molar-refractivity contribution in [2.75, 3.05) is 7.11 Å². The minimum Gasteiger partial charge on any atom is -0.497 e. The van der Waals surface area contributed by atoms with Crippen molar-refractivity contribution >= 4 is 0 Å². The smallest absolute Gasteiger partial charge is 0.119 e. The standard InChI is InChI=1S/C16H22O/c1-16-10-4-3-5-13(16)8-6-12-7-9-14(17-2)11-15(12)16/h7,9,11,13H,3-6,8,10H2,1-2H3/t13-,16-/m0/s1. The molecule has 2 aliphatic rings. The lowest BCUT2D eigenvalue weighted by atomic mass is 9.58. The lowest BCUT2D eigenvalue weighted by molar-refractivity contribution is 0.177. The molecule has 1 saturated carbocycles. The molecule has 0 saturated heterocycles. The summed E-state index contributed by atoms with van der Waals surface area (Å²) in [4.78, 5) is 0. The minimum atomic E-state index is 0.417. The fraction of sp³-hybridized carbons (Fsp3) is 0.625. The van der Waals surface area contributed by atoms with Gasteiger partial charge in [-0.25, -0.2) is 0 Å². The predicted molar refractivity (Wildman–Crippen MR) is 70.6 cm³/mol. The highest BCUT2D eigenvalue weighted by Crippen LogP contribution is 2.50. The van der Waals surface area contributed by atoms with Gasteiger partial charge in [0, 0.05) is 0 Å². The molecule has 0 spiro atoms. The van der Waals surface area contributed by atoms with Crippen LogP contribution in [0.15, 0.2) is 18.2 Å². The molecule has 1 fully saturated rings. The zero-order valence-electron chi connectivity index (χ0n) is 11.0. The van der Waals surface area contributed by atoms with Crippen molar-refractivity contribution in [3.63, 3.8) is 0 Å². The Labute approximate surface area is 104 Å². The van der Waals surface area contributed by atoms with Crippen LogP contribution < -0.4 is 4.74 Å². The first-order valence-electron chi connectivity index (χ1n) is 6.91. The van der Waals surface area contributed by atoms with E-state index in [9.17, 15) is 0 Å². The van der Waals surface area contributed by atoms with Crippen LogP contribution in [0.25, 0.3) is 0 Å². The second kappa shape index (κ2) is 4.04. The summed E-state index contributed by atoms with van der Waals surface area (Å²) in [6.07, 6.45) is 8.25. The van der Waals surface area contributed by atoms with E-state index in [0.29, 0.717) is 5.41 Å². The average molecular weight is 230 g/mol. The van der Waals surface area contributed by atoms with Gasteiger partial charge in [-0.1, -0.05) is 25.8 Å². The van der Waals surface area contributed by atoms with E-state index < -0.39 is 0 Å². The van der Waals surface area contributed by atoms with Crippen molar-refractivity contribution < 1.29 is 4.74 Å². The van der Waals surface area contributed by atoms with Gasteiger partial charge in [0.25, 0.3) is 0 Å². The van der Waals surface area contributed by atoms with Gasteiger partial charge >= 0.3 is 0 Å². The van der Waals surface area contributed by atoms with Gasteiger partial charge < -0.3 is 4.74 Å². The van der Waals surface area contributed by atoms with Gasteiger partial charge in [-0.3, -0.25) is 0 Å². The molecule has 0 N–H and O–H groups in total. The molecule has 1 aromatic carbocycles. The Morgan fingerprint density at radius 1 is 1.24 bits per heavy atom. The number of aryl methyl sites for hydroxylation is 1. The lowest BCUT2D eigenvalue weighted by Gasteiger charge is -2.46. The van der Waals surface area contributed by atoms with Crippen molar-refractivity contribution in [2.45, 2.75) is 50.9 Å². The summed E-state index contributed by atoms with van der Waals surface area (Å²) in [5.74, 6) is 1.92. The molecule has 17 heavy (non-hydrogen) atoms. The summed E-state index contributed by atoms with van der Waals surface area (Å²) in [6, 6.07) is 6.70. The van der Waals surface area contributed by atoms with E-state index in [1.165, 1.54) is 38.5 Å². The quantitative estimate of drug-likeness (QED) is 0.706. The third-order valence-corrected chi connectivity index (χ3v) is 5.09. The molecule has 92 valence electrons. The van der Waals surface area contributed by atoms with Crippen LogP contribution in [0.1, 0.15) is 50.2 Å². The molecule has 3 rings (SSSR count). The summed E-state index contributed by atoms with van der Waals surface area (Å²) in [6.45, 7) is 2.48. The first-order chi connectivity index (χ1) is 8.24. The number of fused-ring (bicyclic) bond motifs is 3. The molecule has 0 bridgehead atoms. The summed E-state index contributed by atoms with van der Waals surface area (Å²) in [5.41, 5.74) is 3.56. The Morgan fingerprint density at radius 3 is 2.94 bits per heavy atom. The maximum absolute atomic E-state index is 5.40. The van der Waals surface area contributed by atoms with Crippen molar-refractivity contribution in [2.24, 2.45) is 5.92 Å². The second-order valence-corrected chi connectivity index (χ2v) is 5.92. The predicted octanol–water partition coefficient (Wildman–Crippen LogP) is 4.09. The molecule has 0 aromatic heterocycles. The number of benzene rings is 1. The van der Waals surface area contributed by atoms with Crippen LogP contribution in [0.3, 0.4) is 0 Å². The molecular formula is C16H22O. The van der Waals surface area contributed by atoms with E-state index in [2.05, 4.69) is 25.1 Å². The van der Waals surface area contributed by atoms with E-state index in [4.69, 9.17) is 4.74 Å². The van der Waals surface area contributed by atoms with E-state index in [0.717, 1.165) is 11.7 Å². The van der Waals surface area contributed by atoms with E-state index in [1.807, 2.05) is 0 Å². The number of rotatable bonds is 1. The third-order valence-electron chi connectivity index (χ3n) is 5.09. The number of hydrogen-bond donors (Lipinski definition) is 0. The number of hydrogen-bond acceptors (Lipinski definition) is 1. The van der Waals surface area contributed by atoms with Gasteiger partial charge in [0.05, 0.1) is 7.11 Å². The molecule has 1 aromatic rings. The van der Waals surface area contributed by atoms with Crippen LogP contribution in [0.5, 0.6) is 5.75 Å². The van der Waals surface area contributed by atoms with E-state index in [1.54, 1.807) is 18.2 Å². The van der Waals surface area contributed by atoms with Crippen molar-refractivity contribution in [3.8, 4) is 5.75 Å². The van der Waals surface area contributed by atoms with Crippen molar-refractivity contribution in [1.82, 2.24) is 0 Å². The Kier molecular flexibility index (Phi) is 2.65. The van der Waals surface area contributed by atoms with Gasteiger partial charge in [0.2, 0.25) is 0 Å². The van der Waals surface area contributed by atoms with Crippen LogP contribution in [0, 0.1) is 5.92 Å². The second-order valence-electron chi connectivity index (χ2n) is 5.92. The van der Waals surface area contributed by atoms with Gasteiger partial charge in [0.1, 0.15) is 5.75 Å². The largest absolute Gasteiger partial charge is 0.497 e. The van der Waals surface area contributed by atoms with E-state index in [-0.39, 0.29) is 0 Å². The monoisotopic (exact) mass is 230 g/mol. The van der Waals surface area contributed by atoms with E-state index >= 15 is 0 Å². The van der Waals surface area contributed by atoms with Crippen LogP contribution in [0.4, 0.5) is 0 Å². The zero-order chi connectivity index (χ0) is 11.9. The summed E-state index contributed by atoms with van der Waals surface area (Å²) < 4.78 is 5.40. The SMILES string of the molecule is COc1ccc2c(c1)[C@@]1(C)CCCC[C@H]1CC2. The Balaban J connectivity index is 2.08. The summed E-state index contributed by atoms with van der Waals surface area (Å²) in [7, 11) is 1.77. The van der Waals surface area contributed by atoms with Crippen molar-refractivity contribution in [1.29, 1.82) is 0 Å². The highest BCUT2D eigenvalue weighted by molar-refractivity contribution is 5.43. The normalized spacial score (nSPS) is 31.5. The Hall–Kier alpha value is -0.980. The van der Waals surface area contributed by atoms with Crippen LogP contribution in [-0.4, -0.2) is 7.11 Å². The maximum Gasteiger partial charge on any atom is 0.119 e. The molecule has 0 heterocycles. The van der Waals surface area contributed by atoms with Gasteiger partial charge in [0.15, 0.2) is 0 Å². The number of methoxy groups -OCH3 is 1. The number of ether oxygens (including phenoxy) is 1. The molecular weight excluding hydrogens is 208 g/mol. The van der Waals surface area contributed by atoms with Gasteiger partial charge in [-0.15, -0.1) is 0 Å². The third kappa shape index (κ3) is 1.67. The first kappa shape index (κ1) is 11.1. The fourth-order valence-electron chi connectivity index (χ4n) is 3.99. The molecule has 0 radical (unpaired) electrons. The molecule has 2 aliphatic carbocycles. The maximum atomic E-state index is 5.40. The van der Waals surface area contributed by atoms with Gasteiger partial charge in [-0.2, -0.15) is 0 Å². The van der Waals surface area contributed by atoms with Crippen LogP contribution >= 0.6 is 0 Å². The Bertz CT molecular complexity index is 424.